The van der Waals surface area contributed by atoms with Crippen LogP contribution in [0.2, 0.25) is 0 Å². The molecule has 0 saturated carbocycles. The summed E-state index contributed by atoms with van der Waals surface area (Å²) in [6, 6.07) is 8.83. The van der Waals surface area contributed by atoms with Gasteiger partial charge in [0, 0.05) is 25.7 Å². The van der Waals surface area contributed by atoms with Gasteiger partial charge in [-0.15, -0.1) is 4.09 Å². The number of carbonyl (C=O) groups excluding carboxylic acids is 1. The van der Waals surface area contributed by atoms with Crippen LogP contribution in [0.15, 0.2) is 42.9 Å². The highest BCUT2D eigenvalue weighted by molar-refractivity contribution is 7.89. The highest BCUT2D eigenvalue weighted by Gasteiger charge is 2.32. The predicted molar refractivity (Wildman–Crippen MR) is 124 cm³/mol. The number of piperazine rings is 1. The Balaban J connectivity index is 1.57. The molecule has 0 bridgehead atoms. The summed E-state index contributed by atoms with van der Waals surface area (Å²) in [5, 5.41) is 4.68. The lowest BCUT2D eigenvalue weighted by Crippen LogP contribution is -2.55. The molecule has 1 aliphatic heterocycles. The molecule has 0 spiro atoms. The van der Waals surface area contributed by atoms with Gasteiger partial charge in [0.15, 0.2) is 5.65 Å². The van der Waals surface area contributed by atoms with Crippen LogP contribution in [0.4, 0.5) is 10.6 Å². The molecule has 1 aromatic carbocycles. The lowest BCUT2D eigenvalue weighted by Gasteiger charge is -2.40. The van der Waals surface area contributed by atoms with Gasteiger partial charge in [-0.2, -0.15) is 5.10 Å². The number of benzene rings is 1. The van der Waals surface area contributed by atoms with E-state index in [2.05, 4.69) is 15.1 Å². The molecule has 10 nitrogen and oxygen atoms in total. The van der Waals surface area contributed by atoms with Crippen molar-refractivity contribution in [2.24, 2.45) is 0 Å². The van der Waals surface area contributed by atoms with Gasteiger partial charge in [0.25, 0.3) is 10.0 Å². The number of fused-ring (bicyclic) bond motifs is 1. The number of hydrogen-bond donors (Lipinski definition) is 0. The van der Waals surface area contributed by atoms with E-state index in [-0.39, 0.29) is 23.5 Å². The molecular formula is C22H28N6O4S. The third-order valence-corrected chi connectivity index (χ3v) is 6.82. The minimum absolute atomic E-state index is 0.115. The average Bonchev–Trinajstić information content (AvgIpc) is 3.18. The van der Waals surface area contributed by atoms with E-state index in [1.54, 1.807) is 29.2 Å². The number of aromatic nitrogens is 4. The van der Waals surface area contributed by atoms with E-state index >= 15 is 0 Å². The number of amides is 1. The van der Waals surface area contributed by atoms with Crippen molar-refractivity contribution in [3.8, 4) is 0 Å². The van der Waals surface area contributed by atoms with Gasteiger partial charge in [-0.05, 0) is 33.3 Å². The fourth-order valence-electron chi connectivity index (χ4n) is 3.85. The lowest BCUT2D eigenvalue weighted by molar-refractivity contribution is 0.0158. The highest BCUT2D eigenvalue weighted by atomic mass is 32.2. The number of ether oxygens (including phenoxy) is 1. The van der Waals surface area contributed by atoms with E-state index in [0.717, 1.165) is 4.09 Å². The summed E-state index contributed by atoms with van der Waals surface area (Å²) in [7, 11) is -3.76. The molecule has 1 amide bonds. The molecule has 2 aromatic heterocycles. The topological polar surface area (TPSA) is 111 Å². The van der Waals surface area contributed by atoms with Gasteiger partial charge in [0.2, 0.25) is 0 Å². The van der Waals surface area contributed by atoms with Crippen molar-refractivity contribution in [3.05, 3.63) is 48.4 Å². The molecule has 1 saturated heterocycles. The van der Waals surface area contributed by atoms with Crippen LogP contribution in [0.25, 0.3) is 11.0 Å². The molecule has 0 aliphatic carbocycles. The Labute approximate surface area is 193 Å². The normalized spacial score (nSPS) is 17.4. The largest absolute Gasteiger partial charge is 0.444 e. The van der Waals surface area contributed by atoms with Gasteiger partial charge >= 0.3 is 6.09 Å². The summed E-state index contributed by atoms with van der Waals surface area (Å²) >= 11 is 0. The van der Waals surface area contributed by atoms with E-state index in [1.165, 1.54) is 12.5 Å². The summed E-state index contributed by atoms with van der Waals surface area (Å²) in [6.07, 6.45) is 2.49. The Morgan fingerprint density at radius 2 is 1.88 bits per heavy atom. The van der Waals surface area contributed by atoms with Crippen LogP contribution in [0, 0.1) is 0 Å². The first-order chi connectivity index (χ1) is 15.5. The van der Waals surface area contributed by atoms with E-state index in [9.17, 15) is 13.2 Å². The van der Waals surface area contributed by atoms with Crippen molar-refractivity contribution in [1.29, 1.82) is 0 Å². The Bertz CT molecular complexity index is 1250. The van der Waals surface area contributed by atoms with Crippen LogP contribution in [-0.2, 0) is 20.5 Å². The minimum atomic E-state index is -3.76. The molecule has 0 N–H and O–H groups in total. The second kappa shape index (κ2) is 8.62. The molecule has 1 aliphatic rings. The zero-order valence-corrected chi connectivity index (χ0v) is 20.0. The maximum absolute atomic E-state index is 13.0. The van der Waals surface area contributed by atoms with Gasteiger partial charge in [-0.25, -0.2) is 23.2 Å². The van der Waals surface area contributed by atoms with E-state index in [4.69, 9.17) is 4.74 Å². The van der Waals surface area contributed by atoms with Crippen LogP contribution in [0.5, 0.6) is 0 Å². The smallest absolute Gasteiger partial charge is 0.410 e. The first-order valence-corrected chi connectivity index (χ1v) is 12.4. The highest BCUT2D eigenvalue weighted by Crippen LogP contribution is 2.27. The fourth-order valence-corrected chi connectivity index (χ4v) is 5.19. The molecule has 1 atom stereocenters. The first-order valence-electron chi connectivity index (χ1n) is 10.8. The summed E-state index contributed by atoms with van der Waals surface area (Å²) in [5.41, 5.74) is 0.340. The molecule has 0 radical (unpaired) electrons. The standard InChI is InChI=1S/C22H28N6O4S/c1-16-13-26(10-11-27(16)21(29)32-22(2,3)4)19-18-12-25-28(20(18)24-15-23-19)33(30,31)14-17-8-6-5-7-9-17/h5-9,12,15-16H,10-11,13-14H2,1-4H3/t16-/m1/s1. The molecule has 3 aromatic rings. The first kappa shape index (κ1) is 23.0. The predicted octanol–water partition coefficient (Wildman–Crippen LogP) is 2.65. The Morgan fingerprint density at radius 1 is 1.15 bits per heavy atom. The van der Waals surface area contributed by atoms with Gasteiger partial charge in [0.05, 0.1) is 17.3 Å². The molecule has 4 rings (SSSR count). The number of carbonyl (C=O) groups is 1. The van der Waals surface area contributed by atoms with E-state index in [1.807, 2.05) is 38.7 Å². The summed E-state index contributed by atoms with van der Waals surface area (Å²) < 4.78 is 32.5. The Kier molecular flexibility index (Phi) is 6.00. The zero-order chi connectivity index (χ0) is 23.8. The maximum Gasteiger partial charge on any atom is 0.410 e. The number of rotatable bonds is 4. The van der Waals surface area contributed by atoms with Gasteiger partial charge < -0.3 is 14.5 Å². The van der Waals surface area contributed by atoms with Crippen molar-refractivity contribution in [2.75, 3.05) is 24.5 Å². The molecule has 33 heavy (non-hydrogen) atoms. The van der Waals surface area contributed by atoms with Crippen molar-refractivity contribution in [2.45, 2.75) is 45.1 Å². The number of hydrogen-bond acceptors (Lipinski definition) is 8. The molecule has 3 heterocycles. The average molecular weight is 473 g/mol. The van der Waals surface area contributed by atoms with Crippen LogP contribution < -0.4 is 4.90 Å². The molecule has 11 heteroatoms. The van der Waals surface area contributed by atoms with Crippen LogP contribution >= 0.6 is 0 Å². The number of anilines is 1. The maximum atomic E-state index is 13.0. The summed E-state index contributed by atoms with van der Waals surface area (Å²) in [4.78, 5) is 24.9. The van der Waals surface area contributed by atoms with Gasteiger partial charge in [-0.3, -0.25) is 0 Å². The zero-order valence-electron chi connectivity index (χ0n) is 19.2. The van der Waals surface area contributed by atoms with E-state index in [0.29, 0.717) is 36.4 Å². The van der Waals surface area contributed by atoms with Crippen LogP contribution in [0.3, 0.4) is 0 Å². The van der Waals surface area contributed by atoms with Crippen molar-refractivity contribution < 1.29 is 17.9 Å². The van der Waals surface area contributed by atoms with Crippen molar-refractivity contribution in [3.63, 3.8) is 0 Å². The molecule has 176 valence electrons. The number of nitrogens with zero attached hydrogens (tertiary/aromatic N) is 6. The summed E-state index contributed by atoms with van der Waals surface area (Å²) in [6.45, 7) is 8.97. The van der Waals surface area contributed by atoms with Crippen LogP contribution in [0.1, 0.15) is 33.3 Å². The second-order valence-corrected chi connectivity index (χ2v) is 10.9. The third-order valence-electron chi connectivity index (χ3n) is 5.33. The SMILES string of the molecule is C[C@@H]1CN(c2ncnc3c2cnn3S(=O)(=O)Cc2ccccc2)CCN1C(=O)OC(C)(C)C. The summed E-state index contributed by atoms with van der Waals surface area (Å²) in [5.74, 6) is 0.409. The van der Waals surface area contributed by atoms with Crippen molar-refractivity contribution in [1.82, 2.24) is 24.1 Å². The van der Waals surface area contributed by atoms with Gasteiger partial charge in [0.1, 0.15) is 17.7 Å². The Morgan fingerprint density at radius 3 is 2.55 bits per heavy atom. The van der Waals surface area contributed by atoms with Gasteiger partial charge in [-0.1, -0.05) is 30.3 Å². The monoisotopic (exact) mass is 472 g/mol. The quantitative estimate of drug-likeness (QED) is 0.570. The van der Waals surface area contributed by atoms with Crippen LogP contribution in [-0.4, -0.2) is 69.8 Å². The molecular weight excluding hydrogens is 444 g/mol. The lowest BCUT2D eigenvalue weighted by atomic mass is 10.2. The van der Waals surface area contributed by atoms with E-state index < -0.39 is 15.6 Å². The second-order valence-electron chi connectivity index (χ2n) is 9.13. The molecule has 0 unspecified atom stereocenters. The minimum Gasteiger partial charge on any atom is -0.444 e. The molecule has 1 fully saturated rings. The Hall–Kier alpha value is -3.21. The van der Waals surface area contributed by atoms with Crippen molar-refractivity contribution >= 4 is 33.0 Å². The third kappa shape index (κ3) is 4.92. The fraction of sp³-hybridized carbons (Fsp3) is 0.455.